The van der Waals surface area contributed by atoms with Crippen LogP contribution in [0, 0.1) is 27.2 Å². The van der Waals surface area contributed by atoms with Crippen LogP contribution in [0.25, 0.3) is 0 Å². The van der Waals surface area contributed by atoms with Gasteiger partial charge in [-0.25, -0.2) is 17.2 Å². The first kappa shape index (κ1) is 19.9. The van der Waals surface area contributed by atoms with Crippen molar-refractivity contribution in [2.75, 3.05) is 5.75 Å². The second kappa shape index (κ2) is 6.33. The van der Waals surface area contributed by atoms with Gasteiger partial charge >= 0.3 is 0 Å². The molecule has 7 nitrogen and oxygen atoms in total. The Morgan fingerprint density at radius 2 is 1.86 bits per heavy atom. The molecule has 2 aromatic rings. The van der Waals surface area contributed by atoms with Crippen molar-refractivity contribution in [3.63, 3.8) is 0 Å². The second-order valence-electron chi connectivity index (χ2n) is 7.06. The highest BCUT2D eigenvalue weighted by Gasteiger charge is 2.55. The standard InChI is InChI=1S/C18H17F2N3O4S/c1-17(14-9-13(23(24)25)6-7-15(14)20)10-28(26,27)18(2,16(21)22-17)11-4-3-5-12(19)8-11/h3-9H,10H2,1-2H3,(H2,21,22)/t17-,18-/m0/s1. The van der Waals surface area contributed by atoms with E-state index < -0.39 is 54.0 Å². The molecule has 0 bridgehead atoms. The maximum atomic E-state index is 14.4. The molecule has 0 unspecified atom stereocenters. The van der Waals surface area contributed by atoms with E-state index in [1.54, 1.807) is 0 Å². The number of nitro benzene ring substituents is 1. The number of nitrogens with zero attached hydrogens (tertiary/aromatic N) is 1. The van der Waals surface area contributed by atoms with Crippen LogP contribution in [0.5, 0.6) is 0 Å². The molecule has 1 aliphatic heterocycles. The van der Waals surface area contributed by atoms with Gasteiger partial charge in [0.2, 0.25) is 0 Å². The number of amidine groups is 1. The predicted octanol–water partition coefficient (Wildman–Crippen LogP) is 3.00. The normalized spacial score (nSPS) is 26.5. The number of nitro groups is 1. The number of hydrogen-bond acceptors (Lipinski definition) is 5. The highest BCUT2D eigenvalue weighted by atomic mass is 32.2. The van der Waals surface area contributed by atoms with Crippen molar-refractivity contribution in [1.82, 2.24) is 5.32 Å². The van der Waals surface area contributed by atoms with Crippen LogP contribution in [0.3, 0.4) is 0 Å². The lowest BCUT2D eigenvalue weighted by atomic mass is 9.89. The van der Waals surface area contributed by atoms with E-state index in [4.69, 9.17) is 5.41 Å². The molecule has 1 heterocycles. The summed E-state index contributed by atoms with van der Waals surface area (Å²) in [6.45, 7) is 2.63. The summed E-state index contributed by atoms with van der Waals surface area (Å²) in [7, 11) is -4.14. The Bertz CT molecular complexity index is 1110. The van der Waals surface area contributed by atoms with Crippen molar-refractivity contribution in [1.29, 1.82) is 5.41 Å². The van der Waals surface area contributed by atoms with Gasteiger partial charge in [-0.2, -0.15) is 0 Å². The molecule has 148 valence electrons. The van der Waals surface area contributed by atoms with E-state index in [1.165, 1.54) is 26.0 Å². The summed E-state index contributed by atoms with van der Waals surface area (Å²) in [6.07, 6.45) is 0. The van der Waals surface area contributed by atoms with Gasteiger partial charge in [0.15, 0.2) is 14.6 Å². The predicted molar refractivity (Wildman–Crippen MR) is 98.8 cm³/mol. The SMILES string of the molecule is C[C@@]1(c2cc([N+](=O)[O-])ccc2F)CS(=O)(=O)[C@@](C)(c2cccc(F)c2)C(=N)N1. The first-order valence-electron chi connectivity index (χ1n) is 8.21. The van der Waals surface area contributed by atoms with E-state index in [0.29, 0.717) is 0 Å². The summed E-state index contributed by atoms with van der Waals surface area (Å²) in [5.74, 6) is -2.61. The van der Waals surface area contributed by atoms with Crippen LogP contribution in [0.2, 0.25) is 0 Å². The lowest BCUT2D eigenvalue weighted by Crippen LogP contribution is -2.63. The van der Waals surface area contributed by atoms with Crippen LogP contribution in [0.4, 0.5) is 14.5 Å². The third kappa shape index (κ3) is 2.93. The van der Waals surface area contributed by atoms with Crippen molar-refractivity contribution < 1.29 is 22.1 Å². The number of rotatable bonds is 3. The summed E-state index contributed by atoms with van der Waals surface area (Å²) in [6, 6.07) is 7.74. The van der Waals surface area contributed by atoms with Crippen LogP contribution in [-0.4, -0.2) is 24.9 Å². The Balaban J connectivity index is 2.13. The highest BCUT2D eigenvalue weighted by molar-refractivity contribution is 7.93. The van der Waals surface area contributed by atoms with E-state index >= 15 is 0 Å². The molecule has 10 heteroatoms. The zero-order chi connectivity index (χ0) is 20.9. The monoisotopic (exact) mass is 409 g/mol. The molecule has 0 aliphatic carbocycles. The van der Waals surface area contributed by atoms with Crippen molar-refractivity contribution in [3.05, 3.63) is 75.3 Å². The first-order chi connectivity index (χ1) is 12.9. The molecule has 1 fully saturated rings. The summed E-state index contributed by atoms with van der Waals surface area (Å²) in [5, 5.41) is 22.1. The van der Waals surface area contributed by atoms with Crippen molar-refractivity contribution in [2.24, 2.45) is 0 Å². The van der Waals surface area contributed by atoms with Gasteiger partial charge in [0, 0.05) is 17.7 Å². The topological polar surface area (TPSA) is 113 Å². The molecular weight excluding hydrogens is 392 g/mol. The fourth-order valence-corrected chi connectivity index (χ4v) is 5.54. The maximum Gasteiger partial charge on any atom is 0.269 e. The van der Waals surface area contributed by atoms with Crippen molar-refractivity contribution in [3.8, 4) is 0 Å². The van der Waals surface area contributed by atoms with Crippen LogP contribution in [0.15, 0.2) is 42.5 Å². The smallest absolute Gasteiger partial charge is 0.269 e. The van der Waals surface area contributed by atoms with Crippen molar-refractivity contribution in [2.45, 2.75) is 24.1 Å². The lowest BCUT2D eigenvalue weighted by molar-refractivity contribution is -0.385. The Morgan fingerprint density at radius 1 is 1.18 bits per heavy atom. The summed E-state index contributed by atoms with van der Waals surface area (Å²) in [4.78, 5) is 10.3. The fourth-order valence-electron chi connectivity index (χ4n) is 3.41. The summed E-state index contributed by atoms with van der Waals surface area (Å²) >= 11 is 0. The Kier molecular flexibility index (Phi) is 4.49. The Morgan fingerprint density at radius 3 is 2.43 bits per heavy atom. The molecule has 3 rings (SSSR count). The summed E-state index contributed by atoms with van der Waals surface area (Å²) < 4.78 is 52.6. The van der Waals surface area contributed by atoms with Gasteiger partial charge in [0.25, 0.3) is 5.69 Å². The minimum Gasteiger partial charge on any atom is -0.362 e. The molecule has 0 saturated carbocycles. The molecule has 0 amide bonds. The zero-order valence-electron chi connectivity index (χ0n) is 15.0. The van der Waals surface area contributed by atoms with E-state index in [9.17, 15) is 27.3 Å². The van der Waals surface area contributed by atoms with Crippen LogP contribution in [-0.2, 0) is 20.1 Å². The van der Waals surface area contributed by atoms with Crippen LogP contribution >= 0.6 is 0 Å². The molecule has 1 saturated heterocycles. The molecule has 1 aliphatic rings. The quantitative estimate of drug-likeness (QED) is 0.598. The molecule has 2 N–H and O–H groups in total. The third-order valence-corrected chi connectivity index (χ3v) is 7.75. The van der Waals surface area contributed by atoms with E-state index in [2.05, 4.69) is 5.32 Å². The van der Waals surface area contributed by atoms with Gasteiger partial charge in [-0.15, -0.1) is 0 Å². The van der Waals surface area contributed by atoms with Gasteiger partial charge in [0.05, 0.1) is 16.2 Å². The average Bonchev–Trinajstić information content (AvgIpc) is 2.59. The zero-order valence-corrected chi connectivity index (χ0v) is 15.8. The molecule has 2 aromatic carbocycles. The van der Waals surface area contributed by atoms with Gasteiger partial charge in [-0.05, 0) is 37.6 Å². The number of halogens is 2. The number of benzene rings is 2. The van der Waals surface area contributed by atoms with Crippen molar-refractivity contribution >= 4 is 21.4 Å². The molecule has 0 aromatic heterocycles. The van der Waals surface area contributed by atoms with Gasteiger partial charge in [0.1, 0.15) is 17.5 Å². The van der Waals surface area contributed by atoms with Crippen LogP contribution in [0.1, 0.15) is 25.0 Å². The summed E-state index contributed by atoms with van der Waals surface area (Å²) in [5.41, 5.74) is -2.19. The molecule has 28 heavy (non-hydrogen) atoms. The average molecular weight is 409 g/mol. The highest BCUT2D eigenvalue weighted by Crippen LogP contribution is 2.41. The van der Waals surface area contributed by atoms with Gasteiger partial charge < -0.3 is 5.32 Å². The lowest BCUT2D eigenvalue weighted by Gasteiger charge is -2.44. The number of nitrogens with one attached hydrogen (secondary N) is 2. The first-order valence-corrected chi connectivity index (χ1v) is 9.86. The second-order valence-corrected chi connectivity index (χ2v) is 9.39. The third-order valence-electron chi connectivity index (χ3n) is 5.11. The Hall–Kier alpha value is -2.88. The molecular formula is C18H17F2N3O4S. The minimum atomic E-state index is -4.14. The van der Waals surface area contributed by atoms with E-state index in [1.807, 2.05) is 0 Å². The largest absolute Gasteiger partial charge is 0.362 e. The van der Waals surface area contributed by atoms with E-state index in [0.717, 1.165) is 30.3 Å². The van der Waals surface area contributed by atoms with Gasteiger partial charge in [-0.1, -0.05) is 12.1 Å². The number of sulfone groups is 1. The van der Waals surface area contributed by atoms with Crippen LogP contribution < -0.4 is 5.32 Å². The maximum absolute atomic E-state index is 14.4. The fraction of sp³-hybridized carbons (Fsp3) is 0.278. The van der Waals surface area contributed by atoms with E-state index in [-0.39, 0.29) is 11.1 Å². The van der Waals surface area contributed by atoms with Gasteiger partial charge in [-0.3, -0.25) is 15.5 Å². The molecule has 0 radical (unpaired) electrons. The minimum absolute atomic E-state index is 0.0616. The number of hydrogen-bond donors (Lipinski definition) is 2. The molecule has 0 spiro atoms. The molecule has 2 atom stereocenters. The Labute approximate surface area is 160 Å². The number of non-ortho nitro benzene ring substituents is 1.